The average Bonchev–Trinajstić information content (AvgIpc) is 2.32. The average molecular weight is 177 g/mol. The van der Waals surface area contributed by atoms with Crippen LogP contribution in [0.2, 0.25) is 0 Å². The monoisotopic (exact) mass is 177 g/mol. The van der Waals surface area contributed by atoms with Crippen molar-refractivity contribution in [2.75, 3.05) is 5.84 Å². The van der Waals surface area contributed by atoms with Crippen LogP contribution in [0, 0.1) is 6.92 Å². The number of nitrogen functional groups attached to an aromatic ring is 1. The summed E-state index contributed by atoms with van der Waals surface area (Å²) in [6, 6.07) is 5.73. The Bertz CT molecular complexity index is 521. The molecule has 0 amide bonds. The number of hydrogen-bond donors (Lipinski definition) is 1. The third kappa shape index (κ3) is 0.950. The number of nitrogens with zero attached hydrogens (tertiary/aromatic N) is 2. The molecule has 0 spiro atoms. The van der Waals surface area contributed by atoms with Crippen molar-refractivity contribution < 1.29 is 0 Å². The number of fused-ring (bicyclic) bond motifs is 1. The molecule has 0 fully saturated rings. The first-order valence-electron chi connectivity index (χ1n) is 4.04. The zero-order chi connectivity index (χ0) is 9.59. The van der Waals surface area contributed by atoms with E-state index in [4.69, 9.17) is 5.84 Å². The van der Waals surface area contributed by atoms with Crippen molar-refractivity contribution in [3.05, 3.63) is 34.2 Å². The predicted molar refractivity (Wildman–Crippen MR) is 52.1 cm³/mol. The van der Waals surface area contributed by atoms with Crippen molar-refractivity contribution in [2.24, 2.45) is 7.05 Å². The fraction of sp³-hybridized carbons (Fsp3) is 0.222. The number of hydrogen-bond acceptors (Lipinski definition) is 2. The molecule has 0 aliphatic heterocycles. The lowest BCUT2D eigenvalue weighted by Gasteiger charge is -1.95. The molecule has 1 heterocycles. The molecule has 0 aliphatic carbocycles. The third-order valence-corrected chi connectivity index (χ3v) is 2.24. The second-order valence-corrected chi connectivity index (χ2v) is 3.20. The molecule has 0 saturated carbocycles. The molecule has 13 heavy (non-hydrogen) atoms. The van der Waals surface area contributed by atoms with Gasteiger partial charge in [-0.2, -0.15) is 0 Å². The topological polar surface area (TPSA) is 53.0 Å². The lowest BCUT2D eigenvalue weighted by molar-refractivity contribution is 0.827. The van der Waals surface area contributed by atoms with Gasteiger partial charge in [-0.05, 0) is 24.6 Å². The molecule has 0 atom stereocenters. The standard InChI is InChI=1S/C9H11N3O/c1-6-3-4-7-8(5-6)11(2)9(13)12(7)10/h3-5H,10H2,1-2H3. The van der Waals surface area contributed by atoms with Gasteiger partial charge in [0.25, 0.3) is 0 Å². The Kier molecular flexibility index (Phi) is 1.45. The van der Waals surface area contributed by atoms with E-state index in [9.17, 15) is 4.79 Å². The van der Waals surface area contributed by atoms with Gasteiger partial charge in [-0.15, -0.1) is 0 Å². The van der Waals surface area contributed by atoms with Gasteiger partial charge in [-0.25, -0.2) is 9.47 Å². The van der Waals surface area contributed by atoms with Crippen LogP contribution in [0.5, 0.6) is 0 Å². The quantitative estimate of drug-likeness (QED) is 0.591. The zero-order valence-electron chi connectivity index (χ0n) is 7.61. The molecular weight excluding hydrogens is 166 g/mol. The van der Waals surface area contributed by atoms with Crippen LogP contribution in [0.1, 0.15) is 5.56 Å². The molecule has 2 aromatic rings. The van der Waals surface area contributed by atoms with Crippen molar-refractivity contribution >= 4 is 11.0 Å². The lowest BCUT2D eigenvalue weighted by atomic mass is 10.2. The van der Waals surface area contributed by atoms with Gasteiger partial charge in [0.1, 0.15) is 0 Å². The predicted octanol–water partition coefficient (Wildman–Crippen LogP) is 0.362. The number of nitrogens with two attached hydrogens (primary N) is 1. The van der Waals surface area contributed by atoms with Gasteiger partial charge in [0, 0.05) is 7.05 Å². The van der Waals surface area contributed by atoms with Crippen molar-refractivity contribution in [3.8, 4) is 0 Å². The second kappa shape index (κ2) is 2.39. The molecule has 2 N–H and O–H groups in total. The Morgan fingerprint density at radius 1 is 1.31 bits per heavy atom. The first-order chi connectivity index (χ1) is 6.11. The summed E-state index contributed by atoms with van der Waals surface area (Å²) in [5, 5.41) is 0. The molecule has 68 valence electrons. The Labute approximate surface area is 75.2 Å². The molecule has 4 heteroatoms. The fourth-order valence-corrected chi connectivity index (χ4v) is 1.47. The lowest BCUT2D eigenvalue weighted by Crippen LogP contribution is -2.27. The summed E-state index contributed by atoms with van der Waals surface area (Å²) in [5.41, 5.74) is 2.56. The summed E-state index contributed by atoms with van der Waals surface area (Å²) < 4.78 is 2.71. The molecule has 1 aromatic carbocycles. The highest BCUT2D eigenvalue weighted by Gasteiger charge is 2.06. The molecule has 0 unspecified atom stereocenters. The van der Waals surface area contributed by atoms with Gasteiger partial charge in [-0.1, -0.05) is 6.07 Å². The SMILES string of the molecule is Cc1ccc2c(c1)n(C)c(=O)n2N. The minimum Gasteiger partial charge on any atom is -0.335 e. The van der Waals surface area contributed by atoms with Crippen LogP contribution in [-0.4, -0.2) is 9.24 Å². The number of rotatable bonds is 0. The largest absolute Gasteiger partial charge is 0.347 e. The van der Waals surface area contributed by atoms with Crippen LogP contribution < -0.4 is 11.5 Å². The van der Waals surface area contributed by atoms with E-state index in [-0.39, 0.29) is 5.69 Å². The summed E-state index contributed by atoms with van der Waals surface area (Å²) in [6.45, 7) is 1.98. The molecule has 0 bridgehead atoms. The Hall–Kier alpha value is -1.71. The number of aryl methyl sites for hydroxylation is 2. The number of benzene rings is 1. The van der Waals surface area contributed by atoms with Crippen LogP contribution in [0.25, 0.3) is 11.0 Å². The molecule has 2 rings (SSSR count). The van der Waals surface area contributed by atoms with E-state index in [2.05, 4.69) is 0 Å². The van der Waals surface area contributed by atoms with Gasteiger partial charge < -0.3 is 5.84 Å². The highest BCUT2D eigenvalue weighted by atomic mass is 16.2. The van der Waals surface area contributed by atoms with Crippen LogP contribution in [0.15, 0.2) is 23.0 Å². The summed E-state index contributed by atoms with van der Waals surface area (Å²) in [6.07, 6.45) is 0. The van der Waals surface area contributed by atoms with E-state index < -0.39 is 0 Å². The van der Waals surface area contributed by atoms with Gasteiger partial charge in [0.2, 0.25) is 0 Å². The van der Waals surface area contributed by atoms with Gasteiger partial charge >= 0.3 is 5.69 Å². The Morgan fingerprint density at radius 3 is 2.69 bits per heavy atom. The van der Waals surface area contributed by atoms with Gasteiger partial charge in [0.05, 0.1) is 11.0 Å². The normalized spacial score (nSPS) is 10.9. The minimum absolute atomic E-state index is 0.194. The Balaban J connectivity index is 3.04. The summed E-state index contributed by atoms with van der Waals surface area (Å²) in [4.78, 5) is 11.4. The molecule has 0 radical (unpaired) electrons. The summed E-state index contributed by atoms with van der Waals surface area (Å²) in [7, 11) is 1.72. The first-order valence-corrected chi connectivity index (χ1v) is 4.04. The molecule has 0 saturated heterocycles. The van der Waals surface area contributed by atoms with Crippen LogP contribution in [-0.2, 0) is 7.05 Å². The maximum atomic E-state index is 11.4. The van der Waals surface area contributed by atoms with Crippen molar-refractivity contribution in [3.63, 3.8) is 0 Å². The van der Waals surface area contributed by atoms with Crippen molar-refractivity contribution in [2.45, 2.75) is 6.92 Å². The molecule has 1 aromatic heterocycles. The Morgan fingerprint density at radius 2 is 2.00 bits per heavy atom. The highest BCUT2D eigenvalue weighted by Crippen LogP contribution is 2.11. The zero-order valence-corrected chi connectivity index (χ0v) is 7.61. The van der Waals surface area contributed by atoms with Crippen molar-refractivity contribution in [1.29, 1.82) is 0 Å². The van der Waals surface area contributed by atoms with Crippen LogP contribution in [0.3, 0.4) is 0 Å². The fourth-order valence-electron chi connectivity index (χ4n) is 1.47. The van der Waals surface area contributed by atoms with Gasteiger partial charge in [-0.3, -0.25) is 4.57 Å². The van der Waals surface area contributed by atoms with E-state index in [0.717, 1.165) is 21.3 Å². The third-order valence-electron chi connectivity index (χ3n) is 2.24. The molecule has 4 nitrogen and oxygen atoms in total. The first kappa shape index (κ1) is 7.91. The van der Waals surface area contributed by atoms with Gasteiger partial charge in [0.15, 0.2) is 0 Å². The van der Waals surface area contributed by atoms with Crippen molar-refractivity contribution in [1.82, 2.24) is 9.24 Å². The number of aromatic nitrogens is 2. The molecule has 0 aliphatic rings. The van der Waals surface area contributed by atoms with Crippen LogP contribution >= 0.6 is 0 Å². The number of imidazole rings is 1. The maximum Gasteiger partial charge on any atom is 0.347 e. The minimum atomic E-state index is -0.194. The smallest absolute Gasteiger partial charge is 0.335 e. The highest BCUT2D eigenvalue weighted by molar-refractivity contribution is 5.76. The van der Waals surface area contributed by atoms with E-state index in [1.165, 1.54) is 0 Å². The second-order valence-electron chi connectivity index (χ2n) is 3.20. The van der Waals surface area contributed by atoms with E-state index >= 15 is 0 Å². The van der Waals surface area contributed by atoms with Crippen LogP contribution in [0.4, 0.5) is 0 Å². The summed E-state index contributed by atoms with van der Waals surface area (Å²) >= 11 is 0. The van der Waals surface area contributed by atoms with E-state index in [1.54, 1.807) is 11.6 Å². The maximum absolute atomic E-state index is 11.4. The van der Waals surface area contributed by atoms with E-state index in [0.29, 0.717) is 0 Å². The summed E-state index contributed by atoms with van der Waals surface area (Å²) in [5.74, 6) is 5.57. The van der Waals surface area contributed by atoms with E-state index in [1.807, 2.05) is 25.1 Å². The molecular formula is C9H11N3O.